The van der Waals surface area contributed by atoms with Gasteiger partial charge in [0.2, 0.25) is 0 Å². The van der Waals surface area contributed by atoms with E-state index >= 15 is 0 Å². The second kappa shape index (κ2) is 5.75. The summed E-state index contributed by atoms with van der Waals surface area (Å²) in [5.74, 6) is 0.0992. The van der Waals surface area contributed by atoms with Crippen LogP contribution in [0.15, 0.2) is 30.5 Å². The molecule has 1 unspecified atom stereocenters. The lowest BCUT2D eigenvalue weighted by Crippen LogP contribution is -2.14. The van der Waals surface area contributed by atoms with E-state index in [0.29, 0.717) is 12.0 Å². The van der Waals surface area contributed by atoms with E-state index < -0.39 is 6.61 Å². The van der Waals surface area contributed by atoms with Gasteiger partial charge in [-0.15, -0.1) is 5.10 Å². The van der Waals surface area contributed by atoms with Crippen LogP contribution in [-0.4, -0.2) is 21.6 Å². The fourth-order valence-electron chi connectivity index (χ4n) is 1.75. The van der Waals surface area contributed by atoms with Crippen molar-refractivity contribution in [2.45, 2.75) is 19.1 Å². The Labute approximate surface area is 109 Å². The normalized spacial score (nSPS) is 12.7. The molecule has 7 heteroatoms. The maximum Gasteiger partial charge on any atom is 0.387 e. The second-order valence-electron chi connectivity index (χ2n) is 4.15. The van der Waals surface area contributed by atoms with Crippen LogP contribution in [0.25, 0.3) is 0 Å². The number of nitrogens with two attached hydrogens (primary N) is 1. The summed E-state index contributed by atoms with van der Waals surface area (Å²) in [4.78, 5) is 0. The van der Waals surface area contributed by atoms with Crippen molar-refractivity contribution in [2.24, 2.45) is 12.8 Å². The molecule has 0 aliphatic carbocycles. The van der Waals surface area contributed by atoms with Gasteiger partial charge in [-0.2, -0.15) is 8.78 Å². The predicted molar refractivity (Wildman–Crippen MR) is 64.7 cm³/mol. The largest absolute Gasteiger partial charge is 0.435 e. The van der Waals surface area contributed by atoms with Gasteiger partial charge in [-0.3, -0.25) is 4.68 Å². The number of alkyl halides is 2. The third-order valence-corrected chi connectivity index (χ3v) is 2.59. The van der Waals surface area contributed by atoms with Crippen LogP contribution < -0.4 is 10.5 Å². The number of hydrogen-bond donors (Lipinski definition) is 1. The first-order valence-electron chi connectivity index (χ1n) is 5.70. The lowest BCUT2D eigenvalue weighted by atomic mass is 10.0. The lowest BCUT2D eigenvalue weighted by molar-refractivity contribution is -0.0499. The van der Waals surface area contributed by atoms with E-state index in [2.05, 4.69) is 15.0 Å². The number of benzene rings is 1. The molecule has 0 radical (unpaired) electrons. The fourth-order valence-corrected chi connectivity index (χ4v) is 1.75. The molecule has 19 heavy (non-hydrogen) atoms. The highest BCUT2D eigenvalue weighted by Crippen LogP contribution is 2.21. The summed E-state index contributed by atoms with van der Waals surface area (Å²) >= 11 is 0. The minimum Gasteiger partial charge on any atom is -0.435 e. The number of ether oxygens (including phenoxy) is 1. The van der Waals surface area contributed by atoms with Crippen LogP contribution in [0.5, 0.6) is 5.75 Å². The Balaban J connectivity index is 2.08. The highest BCUT2D eigenvalue weighted by Gasteiger charge is 2.11. The van der Waals surface area contributed by atoms with Crippen LogP contribution in [-0.2, 0) is 13.5 Å². The topological polar surface area (TPSA) is 66.0 Å². The number of aromatic nitrogens is 3. The minimum absolute atomic E-state index is 0.0992. The Bertz CT molecular complexity index is 544. The molecule has 1 aromatic carbocycles. The summed E-state index contributed by atoms with van der Waals surface area (Å²) in [6.07, 6.45) is 2.24. The van der Waals surface area contributed by atoms with Crippen LogP contribution >= 0.6 is 0 Å². The number of aryl methyl sites for hydroxylation is 1. The quantitative estimate of drug-likeness (QED) is 0.895. The Morgan fingerprint density at radius 2 is 2.21 bits per heavy atom. The smallest absolute Gasteiger partial charge is 0.387 e. The molecule has 0 saturated heterocycles. The molecular formula is C12H14F2N4O. The molecule has 1 heterocycles. The second-order valence-corrected chi connectivity index (χ2v) is 4.15. The van der Waals surface area contributed by atoms with Gasteiger partial charge in [0.1, 0.15) is 5.75 Å². The first kappa shape index (κ1) is 13.4. The fraction of sp³-hybridized carbons (Fsp3) is 0.333. The molecule has 2 aromatic rings. The molecule has 0 fully saturated rings. The Morgan fingerprint density at radius 3 is 2.84 bits per heavy atom. The Hall–Kier alpha value is -2.02. The molecule has 0 saturated carbocycles. The van der Waals surface area contributed by atoms with Gasteiger partial charge in [0, 0.05) is 25.7 Å². The minimum atomic E-state index is -2.84. The highest BCUT2D eigenvalue weighted by molar-refractivity contribution is 5.31. The molecule has 0 aliphatic rings. The summed E-state index contributed by atoms with van der Waals surface area (Å²) in [5, 5.41) is 7.74. The first-order valence-corrected chi connectivity index (χ1v) is 5.70. The summed E-state index contributed by atoms with van der Waals surface area (Å²) < 4.78 is 30.2. The van der Waals surface area contributed by atoms with Gasteiger partial charge in [-0.25, -0.2) is 0 Å². The van der Waals surface area contributed by atoms with Gasteiger partial charge in [0.15, 0.2) is 0 Å². The molecular weight excluding hydrogens is 254 g/mol. The zero-order valence-corrected chi connectivity index (χ0v) is 10.3. The number of hydrogen-bond acceptors (Lipinski definition) is 4. The zero-order valence-electron chi connectivity index (χ0n) is 10.3. The molecule has 2 N–H and O–H groups in total. The Kier molecular flexibility index (Phi) is 4.06. The van der Waals surface area contributed by atoms with Crippen molar-refractivity contribution in [3.63, 3.8) is 0 Å². The van der Waals surface area contributed by atoms with E-state index in [1.807, 2.05) is 0 Å². The monoisotopic (exact) mass is 268 g/mol. The van der Waals surface area contributed by atoms with Crippen molar-refractivity contribution in [3.05, 3.63) is 41.7 Å². The molecule has 0 spiro atoms. The number of halogens is 2. The maximum absolute atomic E-state index is 12.1. The van der Waals surface area contributed by atoms with E-state index in [1.165, 1.54) is 12.1 Å². The van der Waals surface area contributed by atoms with Crippen LogP contribution in [0.2, 0.25) is 0 Å². The van der Waals surface area contributed by atoms with E-state index in [1.54, 1.807) is 30.1 Å². The molecule has 0 aliphatic heterocycles. The van der Waals surface area contributed by atoms with Gasteiger partial charge >= 0.3 is 6.61 Å². The molecule has 1 aromatic heterocycles. The van der Waals surface area contributed by atoms with E-state index in [-0.39, 0.29) is 11.8 Å². The summed E-state index contributed by atoms with van der Waals surface area (Å²) in [6.45, 7) is -2.84. The summed E-state index contributed by atoms with van der Waals surface area (Å²) in [6, 6.07) is 6.01. The molecule has 2 rings (SSSR count). The van der Waals surface area contributed by atoms with Crippen LogP contribution in [0, 0.1) is 0 Å². The molecule has 102 valence electrons. The third kappa shape index (κ3) is 3.72. The zero-order chi connectivity index (χ0) is 13.8. The molecule has 0 amide bonds. The van der Waals surface area contributed by atoms with Crippen LogP contribution in [0.3, 0.4) is 0 Å². The SMILES string of the molecule is Cn1cc(CC(N)c2cccc(OC(F)F)c2)nn1. The first-order chi connectivity index (χ1) is 9.04. The molecule has 1 atom stereocenters. The average Bonchev–Trinajstić information content (AvgIpc) is 2.74. The van der Waals surface area contributed by atoms with Crippen molar-refractivity contribution >= 4 is 0 Å². The van der Waals surface area contributed by atoms with Crippen molar-refractivity contribution in [2.75, 3.05) is 0 Å². The summed E-state index contributed by atoms with van der Waals surface area (Å²) in [7, 11) is 1.76. The van der Waals surface area contributed by atoms with Crippen LogP contribution in [0.4, 0.5) is 8.78 Å². The number of nitrogens with zero attached hydrogens (tertiary/aromatic N) is 3. The lowest BCUT2D eigenvalue weighted by Gasteiger charge is -2.12. The molecule has 5 nitrogen and oxygen atoms in total. The standard InChI is InChI=1S/C12H14F2N4O/c1-18-7-9(16-17-18)6-11(15)8-3-2-4-10(5-8)19-12(13)14/h2-5,7,11-12H,6,15H2,1H3. The van der Waals surface area contributed by atoms with Crippen molar-refractivity contribution < 1.29 is 13.5 Å². The van der Waals surface area contributed by atoms with Gasteiger partial charge in [0.25, 0.3) is 0 Å². The van der Waals surface area contributed by atoms with Crippen molar-refractivity contribution in [1.29, 1.82) is 0 Å². The Morgan fingerprint density at radius 1 is 1.42 bits per heavy atom. The third-order valence-electron chi connectivity index (χ3n) is 2.59. The van der Waals surface area contributed by atoms with Gasteiger partial charge in [0.05, 0.1) is 5.69 Å². The van der Waals surface area contributed by atoms with Crippen LogP contribution in [0.1, 0.15) is 17.3 Å². The number of rotatable bonds is 5. The van der Waals surface area contributed by atoms with E-state index in [0.717, 1.165) is 5.69 Å². The predicted octanol–water partition coefficient (Wildman–Crippen LogP) is 1.66. The highest BCUT2D eigenvalue weighted by atomic mass is 19.3. The molecule has 0 bridgehead atoms. The van der Waals surface area contributed by atoms with Gasteiger partial charge in [-0.1, -0.05) is 17.3 Å². The van der Waals surface area contributed by atoms with Gasteiger partial charge in [-0.05, 0) is 17.7 Å². The van der Waals surface area contributed by atoms with Crippen molar-refractivity contribution in [1.82, 2.24) is 15.0 Å². The average molecular weight is 268 g/mol. The van der Waals surface area contributed by atoms with E-state index in [4.69, 9.17) is 5.73 Å². The van der Waals surface area contributed by atoms with Gasteiger partial charge < -0.3 is 10.5 Å². The summed E-state index contributed by atoms with van der Waals surface area (Å²) in [5.41, 5.74) is 7.47. The van der Waals surface area contributed by atoms with Crippen molar-refractivity contribution in [3.8, 4) is 5.75 Å². The van der Waals surface area contributed by atoms with E-state index in [9.17, 15) is 8.78 Å². The maximum atomic E-state index is 12.1.